The normalized spacial score (nSPS) is 17.9. The fourth-order valence-corrected chi connectivity index (χ4v) is 4.37. The molecule has 4 rings (SSSR count). The van der Waals surface area contributed by atoms with Crippen molar-refractivity contribution < 1.29 is 32.5 Å². The Bertz CT molecular complexity index is 1100. The van der Waals surface area contributed by atoms with Crippen LogP contribution in [0, 0.1) is 19.8 Å². The first kappa shape index (κ1) is 25.9. The maximum Gasteiger partial charge on any atom is 0.416 e. The average molecular weight is 498 g/mol. The third-order valence-corrected chi connectivity index (χ3v) is 6.15. The summed E-state index contributed by atoms with van der Waals surface area (Å²) >= 11 is 0. The minimum Gasteiger partial charge on any atom is -0.488 e. The van der Waals surface area contributed by atoms with E-state index in [0.29, 0.717) is 43.2 Å². The van der Waals surface area contributed by atoms with E-state index >= 15 is 0 Å². The first-order valence-electron chi connectivity index (χ1n) is 10.8. The second-order valence-electron chi connectivity index (χ2n) is 8.70. The van der Waals surface area contributed by atoms with Crippen molar-refractivity contribution in [3.63, 3.8) is 0 Å². The number of rotatable bonds is 6. The van der Waals surface area contributed by atoms with Crippen LogP contribution in [0.5, 0.6) is 11.5 Å². The predicted molar refractivity (Wildman–Crippen MR) is 125 cm³/mol. The minimum atomic E-state index is -4.44. The van der Waals surface area contributed by atoms with Gasteiger partial charge >= 0.3 is 12.1 Å². The lowest BCUT2D eigenvalue weighted by Crippen LogP contribution is -2.27. The second-order valence-corrected chi connectivity index (χ2v) is 8.70. The van der Waals surface area contributed by atoms with Crippen molar-refractivity contribution in [1.82, 2.24) is 4.90 Å². The van der Waals surface area contributed by atoms with Gasteiger partial charge < -0.3 is 14.6 Å². The number of hydrogen-bond donors (Lipinski definition) is 1. The van der Waals surface area contributed by atoms with E-state index in [1.54, 1.807) is 19.1 Å². The molecule has 0 bridgehead atoms. The lowest BCUT2D eigenvalue weighted by molar-refractivity contribution is -0.141. The van der Waals surface area contributed by atoms with Gasteiger partial charge in [-0.15, -0.1) is 12.4 Å². The van der Waals surface area contributed by atoms with Crippen LogP contribution in [0.3, 0.4) is 0 Å². The number of aliphatic carboxylic acids is 1. The molecule has 34 heavy (non-hydrogen) atoms. The van der Waals surface area contributed by atoms with E-state index < -0.39 is 17.7 Å². The molecule has 0 saturated carbocycles. The van der Waals surface area contributed by atoms with Crippen molar-refractivity contribution in [2.24, 2.45) is 5.92 Å². The molecule has 2 aliphatic heterocycles. The molecule has 1 fully saturated rings. The zero-order valence-electron chi connectivity index (χ0n) is 18.9. The molecular formula is C25H27ClF3NO4. The van der Waals surface area contributed by atoms with Crippen LogP contribution >= 0.6 is 12.4 Å². The number of carbonyl (C=O) groups is 1. The van der Waals surface area contributed by atoms with Gasteiger partial charge in [0.05, 0.1) is 11.5 Å². The van der Waals surface area contributed by atoms with E-state index in [-0.39, 0.29) is 30.5 Å². The molecule has 1 atom stereocenters. The third-order valence-electron chi connectivity index (χ3n) is 6.15. The molecule has 184 valence electrons. The van der Waals surface area contributed by atoms with Crippen LogP contribution in [-0.4, -0.2) is 42.2 Å². The standard InChI is InChI=1S/C25H26F3NO4.ClH/c1-15-3-4-20(21(9-15)25(26,27)28)14-32-22-6-5-18-10-17(13-33-23(18)16(22)2)11-29-8-7-19(12-29)24(30)31;/h3-6,9-10,19H,7-8,11-14H2,1-2H3,(H,30,31);1H. The summed E-state index contributed by atoms with van der Waals surface area (Å²) in [7, 11) is 0. The molecule has 2 aromatic carbocycles. The number of fused-ring (bicyclic) bond motifs is 1. The smallest absolute Gasteiger partial charge is 0.416 e. The number of carboxylic acids is 1. The van der Waals surface area contributed by atoms with Gasteiger partial charge in [0.1, 0.15) is 24.7 Å². The number of halogens is 4. The van der Waals surface area contributed by atoms with Gasteiger partial charge in [-0.05, 0) is 56.7 Å². The van der Waals surface area contributed by atoms with Gasteiger partial charge in [-0.25, -0.2) is 0 Å². The Kier molecular flexibility index (Phi) is 7.83. The summed E-state index contributed by atoms with van der Waals surface area (Å²) in [6.45, 7) is 5.55. The van der Waals surface area contributed by atoms with Crippen LogP contribution in [0.15, 0.2) is 35.9 Å². The fourth-order valence-electron chi connectivity index (χ4n) is 4.37. The van der Waals surface area contributed by atoms with Gasteiger partial charge in [0.25, 0.3) is 0 Å². The van der Waals surface area contributed by atoms with Gasteiger partial charge in [0, 0.05) is 29.8 Å². The maximum absolute atomic E-state index is 13.4. The molecule has 0 aliphatic carbocycles. The number of alkyl halides is 3. The van der Waals surface area contributed by atoms with Gasteiger partial charge in [0.15, 0.2) is 0 Å². The maximum atomic E-state index is 13.4. The van der Waals surface area contributed by atoms with Crippen molar-refractivity contribution >= 4 is 24.5 Å². The van der Waals surface area contributed by atoms with E-state index in [0.717, 1.165) is 29.3 Å². The first-order chi connectivity index (χ1) is 15.6. The number of hydrogen-bond acceptors (Lipinski definition) is 4. The van der Waals surface area contributed by atoms with Crippen LogP contribution in [0.1, 0.15) is 34.2 Å². The summed E-state index contributed by atoms with van der Waals surface area (Å²) in [5.74, 6) is 0.0489. The number of aryl methyl sites for hydroxylation is 1. The van der Waals surface area contributed by atoms with Gasteiger partial charge in [-0.3, -0.25) is 9.69 Å². The Morgan fingerprint density at radius 3 is 2.68 bits per heavy atom. The topological polar surface area (TPSA) is 59.0 Å². The summed E-state index contributed by atoms with van der Waals surface area (Å²) in [6, 6.07) is 7.80. The number of ether oxygens (including phenoxy) is 2. The van der Waals surface area contributed by atoms with Crippen molar-refractivity contribution in [3.05, 3.63) is 63.7 Å². The van der Waals surface area contributed by atoms with Crippen LogP contribution in [-0.2, 0) is 17.6 Å². The number of benzene rings is 2. The molecular weight excluding hydrogens is 471 g/mol. The van der Waals surface area contributed by atoms with E-state index in [4.69, 9.17) is 9.47 Å². The van der Waals surface area contributed by atoms with Gasteiger partial charge in [-0.1, -0.05) is 17.7 Å². The molecule has 0 radical (unpaired) electrons. The number of nitrogens with zero attached hydrogens (tertiary/aromatic N) is 1. The van der Waals surface area contributed by atoms with Crippen molar-refractivity contribution in [2.75, 3.05) is 26.2 Å². The zero-order valence-corrected chi connectivity index (χ0v) is 19.8. The average Bonchev–Trinajstić information content (AvgIpc) is 3.22. The van der Waals surface area contributed by atoms with Crippen LogP contribution in [0.4, 0.5) is 13.2 Å². The lowest BCUT2D eigenvalue weighted by Gasteiger charge is -2.24. The van der Waals surface area contributed by atoms with Gasteiger partial charge in [0.2, 0.25) is 0 Å². The van der Waals surface area contributed by atoms with E-state index in [1.165, 1.54) is 6.07 Å². The van der Waals surface area contributed by atoms with E-state index in [2.05, 4.69) is 4.90 Å². The SMILES string of the molecule is Cc1ccc(COc2ccc3c(c2C)OCC(CN2CCC(C(=O)O)C2)=C3)c(C(F)(F)F)c1.Cl. The molecule has 1 saturated heterocycles. The summed E-state index contributed by atoms with van der Waals surface area (Å²) < 4.78 is 51.9. The summed E-state index contributed by atoms with van der Waals surface area (Å²) in [4.78, 5) is 13.3. The predicted octanol–water partition coefficient (Wildman–Crippen LogP) is 5.51. The molecule has 0 aromatic heterocycles. The molecule has 9 heteroatoms. The zero-order chi connectivity index (χ0) is 23.8. The molecule has 0 spiro atoms. The van der Waals surface area contributed by atoms with E-state index in [9.17, 15) is 23.1 Å². The molecule has 2 aliphatic rings. The highest BCUT2D eigenvalue weighted by Gasteiger charge is 2.33. The molecule has 1 unspecified atom stereocenters. The molecule has 2 heterocycles. The van der Waals surface area contributed by atoms with Crippen molar-refractivity contribution in [3.8, 4) is 11.5 Å². The molecule has 2 aromatic rings. The summed E-state index contributed by atoms with van der Waals surface area (Å²) in [5.41, 5.74) is 2.60. The Labute approximate surface area is 202 Å². The summed E-state index contributed by atoms with van der Waals surface area (Å²) in [5, 5.41) is 9.17. The molecule has 5 nitrogen and oxygen atoms in total. The van der Waals surface area contributed by atoms with Gasteiger partial charge in [-0.2, -0.15) is 13.2 Å². The highest BCUT2D eigenvalue weighted by molar-refractivity contribution is 5.85. The lowest BCUT2D eigenvalue weighted by atomic mass is 10.0. The Morgan fingerprint density at radius 1 is 1.24 bits per heavy atom. The fraction of sp³-hybridized carbons (Fsp3) is 0.400. The van der Waals surface area contributed by atoms with Crippen LogP contribution < -0.4 is 9.47 Å². The summed E-state index contributed by atoms with van der Waals surface area (Å²) in [6.07, 6.45) is -1.76. The Morgan fingerprint density at radius 2 is 2.00 bits per heavy atom. The minimum absolute atomic E-state index is 0. The third kappa shape index (κ3) is 5.67. The van der Waals surface area contributed by atoms with Crippen molar-refractivity contribution in [2.45, 2.75) is 33.1 Å². The van der Waals surface area contributed by atoms with Crippen LogP contribution in [0.2, 0.25) is 0 Å². The van der Waals surface area contributed by atoms with Crippen LogP contribution in [0.25, 0.3) is 6.08 Å². The highest BCUT2D eigenvalue weighted by Crippen LogP contribution is 2.37. The highest BCUT2D eigenvalue weighted by atomic mass is 35.5. The largest absolute Gasteiger partial charge is 0.488 e. The Balaban J connectivity index is 0.00000324. The Hall–Kier alpha value is -2.71. The monoisotopic (exact) mass is 497 g/mol. The first-order valence-corrected chi connectivity index (χ1v) is 10.8. The quantitative estimate of drug-likeness (QED) is 0.570. The number of carboxylic acid groups (broad SMARTS) is 1. The molecule has 1 N–H and O–H groups in total. The molecule has 0 amide bonds. The van der Waals surface area contributed by atoms with Crippen molar-refractivity contribution in [1.29, 1.82) is 0 Å². The second kappa shape index (κ2) is 10.3. The number of likely N-dealkylation sites (tertiary alicyclic amines) is 1. The van der Waals surface area contributed by atoms with E-state index in [1.807, 2.05) is 19.1 Å².